The highest BCUT2D eigenvalue weighted by Gasteiger charge is 1.85. The van der Waals surface area contributed by atoms with Crippen LogP contribution in [0.1, 0.15) is 0 Å². The van der Waals surface area contributed by atoms with Crippen LogP contribution in [0.3, 0.4) is 0 Å². The van der Waals surface area contributed by atoms with Crippen LogP contribution in [0.2, 0.25) is 0 Å². The topological polar surface area (TPSA) is 0 Å². The molecule has 0 saturated heterocycles. The predicted molar refractivity (Wildman–Crippen MR) is 43.0 cm³/mol. The summed E-state index contributed by atoms with van der Waals surface area (Å²) in [6, 6.07) is 7.93. The molecule has 0 radical (unpaired) electrons. The zero-order valence-corrected chi connectivity index (χ0v) is 6.38. The minimum Gasteiger partial charge on any atom is -0.143 e. The molecule has 0 aliphatic rings. The first kappa shape index (κ1) is 6.12. The summed E-state index contributed by atoms with van der Waals surface area (Å²) in [5.41, 5.74) is 0. The van der Waals surface area contributed by atoms with E-state index in [1.54, 1.807) is 0 Å². The van der Waals surface area contributed by atoms with Gasteiger partial charge in [0.05, 0.1) is 0 Å². The van der Waals surface area contributed by atoms with Gasteiger partial charge in [-0.15, -0.1) is 21.9 Å². The Morgan fingerprint density at radius 1 is 1.25 bits per heavy atom. The fraction of sp³-hybridized carbons (Fsp3) is 0. The molecule has 8 heavy (non-hydrogen) atoms. The van der Waals surface area contributed by atoms with Crippen LogP contribution in [-0.2, 0) is 0 Å². The molecule has 0 nitrogen and oxygen atoms in total. The summed E-state index contributed by atoms with van der Waals surface area (Å²) in [5, 5.41) is 1.15. The summed E-state index contributed by atoms with van der Waals surface area (Å²) in [7, 11) is 2.61. The molecule has 0 heterocycles. The average molecular weight is 142 g/mol. The van der Waals surface area contributed by atoms with Crippen LogP contribution in [0.15, 0.2) is 29.2 Å². The molecule has 0 N–H and O–H groups in total. The Bertz CT molecular complexity index is 165. The minimum atomic E-state index is 1.03. The first-order chi connectivity index (χ1) is 3.80. The van der Waals surface area contributed by atoms with Crippen molar-refractivity contribution in [1.29, 1.82) is 0 Å². The maximum atomic E-state index is 4.18. The summed E-state index contributed by atoms with van der Waals surface area (Å²) in [4.78, 5) is 1.03. The zero-order chi connectivity index (χ0) is 5.98. The largest absolute Gasteiger partial charge is 0.143 e. The third-order valence-corrected chi connectivity index (χ3v) is 2.09. The smallest absolute Gasteiger partial charge is 0.0112 e. The molecule has 0 aromatic heterocycles. The molecule has 0 saturated carbocycles. The Morgan fingerprint density at radius 2 is 1.88 bits per heavy atom. The van der Waals surface area contributed by atoms with Gasteiger partial charge in [0.25, 0.3) is 0 Å². The predicted octanol–water partition coefficient (Wildman–Crippen LogP) is 1.48. The Hall–Kier alpha value is -0.0000000000000000555. The second-order valence-electron chi connectivity index (χ2n) is 1.56. The van der Waals surface area contributed by atoms with Crippen LogP contribution in [0, 0.1) is 0 Å². The van der Waals surface area contributed by atoms with Crippen LogP contribution in [-0.4, -0.2) is 0 Å². The summed E-state index contributed by atoms with van der Waals surface area (Å²) in [6.45, 7) is 0. The number of thiol groups is 1. The Kier molecular flexibility index (Phi) is 1.93. The van der Waals surface area contributed by atoms with Gasteiger partial charge in [-0.1, -0.05) is 18.2 Å². The van der Waals surface area contributed by atoms with Gasteiger partial charge in [-0.25, -0.2) is 0 Å². The van der Waals surface area contributed by atoms with Crippen molar-refractivity contribution in [3.05, 3.63) is 24.3 Å². The molecule has 0 amide bonds. The van der Waals surface area contributed by atoms with Crippen LogP contribution in [0.25, 0.3) is 0 Å². The number of hydrogen-bond acceptors (Lipinski definition) is 1. The van der Waals surface area contributed by atoms with E-state index in [0.29, 0.717) is 0 Å². The van der Waals surface area contributed by atoms with Gasteiger partial charge in [-0.3, -0.25) is 0 Å². The van der Waals surface area contributed by atoms with Crippen molar-refractivity contribution < 1.29 is 0 Å². The van der Waals surface area contributed by atoms with E-state index in [2.05, 4.69) is 21.9 Å². The summed E-state index contributed by atoms with van der Waals surface area (Å²) in [6.07, 6.45) is 0. The molecule has 42 valence electrons. The molecule has 0 fully saturated rings. The second kappa shape index (κ2) is 2.52. The third kappa shape index (κ3) is 1.24. The van der Waals surface area contributed by atoms with Crippen molar-refractivity contribution in [2.24, 2.45) is 0 Å². The van der Waals surface area contributed by atoms with E-state index in [9.17, 15) is 0 Å². The van der Waals surface area contributed by atoms with Crippen molar-refractivity contribution >= 4 is 27.2 Å². The maximum absolute atomic E-state index is 4.18. The molecule has 0 spiro atoms. The van der Waals surface area contributed by atoms with Gasteiger partial charge >= 0.3 is 0 Å². The van der Waals surface area contributed by atoms with Crippen LogP contribution in [0.5, 0.6) is 0 Å². The Balaban J connectivity index is 3.13. The van der Waals surface area contributed by atoms with Crippen molar-refractivity contribution in [2.75, 3.05) is 0 Å². The molecule has 1 unspecified atom stereocenters. The fourth-order valence-corrected chi connectivity index (χ4v) is 0.855. The lowest BCUT2D eigenvalue weighted by atomic mass is 10.4. The van der Waals surface area contributed by atoms with Gasteiger partial charge in [-0.05, 0) is 11.4 Å². The molecule has 1 atom stereocenters. The van der Waals surface area contributed by atoms with Gasteiger partial charge in [-0.2, -0.15) is 0 Å². The highest BCUT2D eigenvalue weighted by molar-refractivity contribution is 7.80. The van der Waals surface area contributed by atoms with Crippen molar-refractivity contribution in [3.8, 4) is 0 Å². The minimum absolute atomic E-state index is 1.03. The Labute approximate surface area is 56.9 Å². The van der Waals surface area contributed by atoms with E-state index in [-0.39, 0.29) is 0 Å². The average Bonchev–Trinajstić information content (AvgIpc) is 1.77. The van der Waals surface area contributed by atoms with Crippen molar-refractivity contribution in [3.63, 3.8) is 0 Å². The molecule has 1 aromatic carbocycles. The third-order valence-electron chi connectivity index (χ3n) is 0.937. The highest BCUT2D eigenvalue weighted by Crippen LogP contribution is 2.03. The van der Waals surface area contributed by atoms with E-state index in [1.807, 2.05) is 24.3 Å². The molecule has 1 rings (SSSR count). The summed E-state index contributed by atoms with van der Waals surface area (Å²) in [5.74, 6) is 0. The fourth-order valence-electron chi connectivity index (χ4n) is 0.488. The molecule has 2 heteroatoms. The van der Waals surface area contributed by atoms with Crippen molar-refractivity contribution in [2.45, 2.75) is 4.90 Å². The quantitative estimate of drug-likeness (QED) is 0.411. The molecule has 1 aromatic rings. The zero-order valence-electron chi connectivity index (χ0n) is 4.33. The van der Waals surface area contributed by atoms with E-state index < -0.39 is 0 Å². The highest BCUT2D eigenvalue weighted by atomic mass is 32.1. The first-order valence-corrected chi connectivity index (χ1v) is 3.36. The van der Waals surface area contributed by atoms with Crippen LogP contribution >= 0.6 is 21.9 Å². The standard InChI is InChI=1S/C6H7PS/c7-5-3-1-2-4-6(5)8/h1-4,8H,7H2. The molecule has 0 aliphatic heterocycles. The van der Waals surface area contributed by atoms with Crippen LogP contribution in [0.4, 0.5) is 0 Å². The summed E-state index contributed by atoms with van der Waals surface area (Å²) >= 11 is 4.18. The number of rotatable bonds is 0. The molecular weight excluding hydrogens is 135 g/mol. The van der Waals surface area contributed by atoms with Gasteiger partial charge in [0, 0.05) is 4.90 Å². The monoisotopic (exact) mass is 142 g/mol. The maximum Gasteiger partial charge on any atom is 0.0112 e. The van der Waals surface area contributed by atoms with Crippen molar-refractivity contribution in [1.82, 2.24) is 0 Å². The number of hydrogen-bond donors (Lipinski definition) is 1. The second-order valence-corrected chi connectivity index (χ2v) is 2.66. The lowest BCUT2D eigenvalue weighted by Crippen LogP contribution is -1.89. The number of benzene rings is 1. The van der Waals surface area contributed by atoms with E-state index in [4.69, 9.17) is 0 Å². The Morgan fingerprint density at radius 3 is 2.25 bits per heavy atom. The lowest BCUT2D eigenvalue weighted by molar-refractivity contribution is 1.55. The first-order valence-electron chi connectivity index (χ1n) is 2.34. The normalized spacial score (nSPS) is 9.25. The molecule has 0 bridgehead atoms. The van der Waals surface area contributed by atoms with E-state index in [1.165, 1.54) is 0 Å². The lowest BCUT2D eigenvalue weighted by Gasteiger charge is -1.92. The van der Waals surface area contributed by atoms with Gasteiger partial charge in [0.15, 0.2) is 0 Å². The summed E-state index contributed by atoms with van der Waals surface area (Å²) < 4.78 is 0. The van der Waals surface area contributed by atoms with E-state index in [0.717, 1.165) is 10.2 Å². The van der Waals surface area contributed by atoms with Gasteiger partial charge in [0.1, 0.15) is 0 Å². The van der Waals surface area contributed by atoms with Crippen LogP contribution < -0.4 is 5.30 Å². The molecular formula is C6H7PS. The van der Waals surface area contributed by atoms with Gasteiger partial charge in [0.2, 0.25) is 0 Å². The van der Waals surface area contributed by atoms with E-state index >= 15 is 0 Å². The van der Waals surface area contributed by atoms with Gasteiger partial charge < -0.3 is 0 Å². The SMILES string of the molecule is Pc1ccccc1S. The molecule has 0 aliphatic carbocycles.